The molecule has 22 heavy (non-hydrogen) atoms. The zero-order valence-corrected chi connectivity index (χ0v) is 13.9. The molecule has 6 nitrogen and oxygen atoms in total. The van der Waals surface area contributed by atoms with Crippen molar-refractivity contribution < 1.29 is 4.79 Å². The van der Waals surface area contributed by atoms with Crippen LogP contribution in [0.1, 0.15) is 10.7 Å². The second kappa shape index (κ2) is 6.45. The Kier molecular flexibility index (Phi) is 4.39. The van der Waals surface area contributed by atoms with Crippen LogP contribution < -0.4 is 0 Å². The number of thiazole rings is 1. The largest absolute Gasteiger partial charge is 0.348 e. The quantitative estimate of drug-likeness (QED) is 0.669. The van der Waals surface area contributed by atoms with E-state index in [0.717, 1.165) is 21.5 Å². The van der Waals surface area contributed by atoms with E-state index in [0.29, 0.717) is 12.2 Å². The molecule has 3 aromatic heterocycles. The minimum Gasteiger partial charge on any atom is -0.348 e. The average molecular weight is 333 g/mol. The molecule has 3 aromatic rings. The molecule has 0 saturated heterocycles. The molecule has 0 radical (unpaired) electrons. The van der Waals surface area contributed by atoms with E-state index in [4.69, 9.17) is 0 Å². The molecule has 0 aliphatic heterocycles. The maximum absolute atomic E-state index is 11.7. The van der Waals surface area contributed by atoms with Crippen LogP contribution in [0.3, 0.4) is 0 Å². The van der Waals surface area contributed by atoms with E-state index in [2.05, 4.69) is 15.2 Å². The zero-order chi connectivity index (χ0) is 15.5. The van der Waals surface area contributed by atoms with Gasteiger partial charge in [-0.3, -0.25) is 9.20 Å². The molecule has 0 unspecified atom stereocenters. The Morgan fingerprint density at radius 1 is 1.36 bits per heavy atom. The molecule has 0 atom stereocenters. The molecule has 0 N–H and O–H groups in total. The van der Waals surface area contributed by atoms with Crippen LogP contribution in [0, 0.1) is 0 Å². The first-order valence-electron chi connectivity index (χ1n) is 6.69. The van der Waals surface area contributed by atoms with Crippen LogP contribution >= 0.6 is 23.1 Å². The second-order valence-corrected chi connectivity index (χ2v) is 6.78. The number of thioether (sulfide) groups is 1. The van der Waals surface area contributed by atoms with E-state index in [1.807, 2.05) is 34.2 Å². The predicted molar refractivity (Wildman–Crippen MR) is 87.1 cm³/mol. The Morgan fingerprint density at radius 2 is 2.23 bits per heavy atom. The summed E-state index contributed by atoms with van der Waals surface area (Å²) in [6.07, 6.45) is 2.30. The third kappa shape index (κ3) is 3.28. The lowest BCUT2D eigenvalue weighted by Crippen LogP contribution is -2.23. The highest BCUT2D eigenvalue weighted by molar-refractivity contribution is 7.98. The van der Waals surface area contributed by atoms with Gasteiger partial charge in [-0.1, -0.05) is 17.8 Å². The van der Waals surface area contributed by atoms with E-state index in [1.165, 1.54) is 11.3 Å². The number of carbonyl (C=O) groups is 1. The molecular weight excluding hydrogens is 318 g/mol. The Bertz CT molecular complexity index is 795. The molecule has 0 spiro atoms. The van der Waals surface area contributed by atoms with E-state index in [9.17, 15) is 4.79 Å². The lowest BCUT2D eigenvalue weighted by molar-refractivity contribution is -0.127. The summed E-state index contributed by atoms with van der Waals surface area (Å²) in [5.41, 5.74) is 1.80. The molecule has 0 aliphatic rings. The summed E-state index contributed by atoms with van der Waals surface area (Å²) < 4.78 is 1.95. The number of nitrogens with zero attached hydrogens (tertiary/aromatic N) is 5. The Labute approximate surface area is 136 Å². The minimum absolute atomic E-state index is 0.0667. The van der Waals surface area contributed by atoms with Gasteiger partial charge < -0.3 is 4.90 Å². The maximum atomic E-state index is 11.7. The smallest absolute Gasteiger partial charge is 0.228 e. The predicted octanol–water partition coefficient (Wildman–Crippen LogP) is 2.11. The fourth-order valence-electron chi connectivity index (χ4n) is 1.84. The lowest BCUT2D eigenvalue weighted by Gasteiger charge is -2.07. The van der Waals surface area contributed by atoms with Crippen molar-refractivity contribution in [2.75, 3.05) is 14.1 Å². The number of amides is 1. The molecular formula is C14H15N5OS2. The van der Waals surface area contributed by atoms with Crippen LogP contribution in [0.15, 0.2) is 34.9 Å². The average Bonchev–Trinajstić information content (AvgIpc) is 3.11. The fraction of sp³-hybridized carbons (Fsp3) is 0.286. The Hall–Kier alpha value is -1.93. The standard InChI is InChI=1S/C14H15N5OS2/c1-18(2)13(20)7-12-15-10(8-21-12)9-22-14-17-16-11-5-3-4-6-19(11)14/h3-6,8H,7,9H2,1-2H3. The van der Waals surface area contributed by atoms with Gasteiger partial charge in [0, 0.05) is 31.4 Å². The van der Waals surface area contributed by atoms with Gasteiger partial charge in [0.1, 0.15) is 5.01 Å². The summed E-state index contributed by atoms with van der Waals surface area (Å²) >= 11 is 3.11. The number of hydrogen-bond donors (Lipinski definition) is 0. The van der Waals surface area contributed by atoms with Crippen molar-refractivity contribution in [1.82, 2.24) is 24.5 Å². The van der Waals surface area contributed by atoms with Crippen molar-refractivity contribution in [3.8, 4) is 0 Å². The number of fused-ring (bicyclic) bond motifs is 1. The van der Waals surface area contributed by atoms with Crippen LogP contribution in [0.2, 0.25) is 0 Å². The first-order valence-corrected chi connectivity index (χ1v) is 8.56. The van der Waals surface area contributed by atoms with Gasteiger partial charge in [0.25, 0.3) is 0 Å². The van der Waals surface area contributed by atoms with Crippen LogP contribution in [0.5, 0.6) is 0 Å². The number of hydrogen-bond acceptors (Lipinski definition) is 6. The van der Waals surface area contributed by atoms with Gasteiger partial charge in [0.05, 0.1) is 12.1 Å². The minimum atomic E-state index is 0.0667. The molecule has 8 heteroatoms. The molecule has 3 rings (SSSR count). The Morgan fingerprint density at radius 3 is 3.05 bits per heavy atom. The van der Waals surface area contributed by atoms with Crippen LogP contribution in [0.4, 0.5) is 0 Å². The SMILES string of the molecule is CN(C)C(=O)Cc1nc(CSc2nnc3ccccn23)cs1. The third-order valence-electron chi connectivity index (χ3n) is 3.03. The van der Waals surface area contributed by atoms with Gasteiger partial charge in [-0.25, -0.2) is 4.98 Å². The Balaban J connectivity index is 1.65. The molecule has 0 aliphatic carbocycles. The number of pyridine rings is 1. The molecule has 0 bridgehead atoms. The van der Waals surface area contributed by atoms with Gasteiger partial charge in [0.15, 0.2) is 10.8 Å². The second-order valence-electron chi connectivity index (χ2n) is 4.90. The summed E-state index contributed by atoms with van der Waals surface area (Å²) in [6.45, 7) is 0. The monoisotopic (exact) mass is 333 g/mol. The maximum Gasteiger partial charge on any atom is 0.228 e. The molecule has 0 saturated carbocycles. The highest BCUT2D eigenvalue weighted by Gasteiger charge is 2.11. The summed E-state index contributed by atoms with van der Waals surface area (Å²) in [4.78, 5) is 17.8. The number of likely N-dealkylation sites (N-methyl/N-ethyl adjacent to an activating group) is 1. The van der Waals surface area contributed by atoms with Crippen LogP contribution in [-0.4, -0.2) is 44.5 Å². The van der Waals surface area contributed by atoms with Crippen molar-refractivity contribution >= 4 is 34.7 Å². The van der Waals surface area contributed by atoms with Crippen molar-refractivity contribution in [3.05, 3.63) is 40.5 Å². The molecule has 0 aromatic carbocycles. The summed E-state index contributed by atoms with van der Waals surface area (Å²) in [5.74, 6) is 0.777. The first-order chi connectivity index (χ1) is 10.6. The molecule has 0 fully saturated rings. The topological polar surface area (TPSA) is 63.4 Å². The highest BCUT2D eigenvalue weighted by atomic mass is 32.2. The van der Waals surface area contributed by atoms with Crippen LogP contribution in [-0.2, 0) is 17.0 Å². The van der Waals surface area contributed by atoms with Crippen molar-refractivity contribution in [3.63, 3.8) is 0 Å². The normalized spacial score (nSPS) is 11.0. The van der Waals surface area contributed by atoms with E-state index in [1.54, 1.807) is 30.8 Å². The number of carbonyl (C=O) groups excluding carboxylic acids is 1. The zero-order valence-electron chi connectivity index (χ0n) is 12.3. The van der Waals surface area contributed by atoms with Gasteiger partial charge in [-0.15, -0.1) is 21.5 Å². The van der Waals surface area contributed by atoms with Crippen molar-refractivity contribution in [1.29, 1.82) is 0 Å². The van der Waals surface area contributed by atoms with Crippen molar-refractivity contribution in [2.45, 2.75) is 17.3 Å². The number of rotatable bonds is 5. The van der Waals surface area contributed by atoms with Crippen molar-refractivity contribution in [2.24, 2.45) is 0 Å². The van der Waals surface area contributed by atoms with Gasteiger partial charge in [0.2, 0.25) is 5.91 Å². The summed E-state index contributed by atoms with van der Waals surface area (Å²) in [5, 5.41) is 12.0. The lowest BCUT2D eigenvalue weighted by atomic mass is 10.4. The fourth-order valence-corrected chi connectivity index (χ4v) is 3.55. The summed E-state index contributed by atoms with van der Waals surface area (Å²) in [7, 11) is 3.51. The van der Waals surface area contributed by atoms with Crippen LogP contribution in [0.25, 0.3) is 5.65 Å². The number of aromatic nitrogens is 4. The van der Waals surface area contributed by atoms with Gasteiger partial charge >= 0.3 is 0 Å². The molecule has 3 heterocycles. The van der Waals surface area contributed by atoms with E-state index < -0.39 is 0 Å². The summed E-state index contributed by atoms with van der Waals surface area (Å²) in [6, 6.07) is 5.81. The van der Waals surface area contributed by atoms with E-state index >= 15 is 0 Å². The first kappa shape index (κ1) is 15.0. The van der Waals surface area contributed by atoms with Gasteiger partial charge in [-0.05, 0) is 12.1 Å². The molecule has 1 amide bonds. The van der Waals surface area contributed by atoms with Gasteiger partial charge in [-0.2, -0.15) is 0 Å². The third-order valence-corrected chi connectivity index (χ3v) is 4.91. The van der Waals surface area contributed by atoms with E-state index in [-0.39, 0.29) is 5.91 Å². The molecule has 114 valence electrons. The highest BCUT2D eigenvalue weighted by Crippen LogP contribution is 2.23.